The number of nitrogens with one attached hydrogen (secondary N) is 3. The van der Waals surface area contributed by atoms with Crippen LogP contribution >= 0.6 is 27.5 Å². The number of amides is 2. The van der Waals surface area contributed by atoms with Crippen molar-refractivity contribution in [2.24, 2.45) is 0 Å². The highest BCUT2D eigenvalue weighted by molar-refractivity contribution is 9.10. The molecule has 0 aromatic heterocycles. The largest absolute Gasteiger partial charge is 0.383 e. The predicted molar refractivity (Wildman–Crippen MR) is 107 cm³/mol. The maximum atomic E-state index is 12.0. The molecule has 0 atom stereocenters. The molecule has 2 aromatic rings. The molecule has 6 nitrogen and oxygen atoms in total. The Hall–Kier alpha value is -2.09. The molecule has 0 radical (unpaired) electrons. The number of rotatable bonds is 8. The number of methoxy groups -OCH3 is 1. The standard InChI is InChI=1S/C18H19BrClN3O3/c1-26-9-8-21-18(25)15-7-6-14(10-16(15)20)22-11-17(24)23-13-4-2-12(19)3-5-13/h2-7,10,22H,8-9,11H2,1H3,(H,21,25)(H,23,24). The van der Waals surface area contributed by atoms with Gasteiger partial charge < -0.3 is 20.7 Å². The molecule has 0 aliphatic heterocycles. The molecule has 2 aromatic carbocycles. The Balaban J connectivity index is 1.87. The number of hydrogen-bond donors (Lipinski definition) is 3. The molecule has 8 heteroatoms. The summed E-state index contributed by atoms with van der Waals surface area (Å²) in [5.74, 6) is -0.462. The lowest BCUT2D eigenvalue weighted by molar-refractivity contribution is -0.114. The lowest BCUT2D eigenvalue weighted by Gasteiger charge is -2.10. The van der Waals surface area contributed by atoms with Crippen molar-refractivity contribution >= 4 is 50.7 Å². The van der Waals surface area contributed by atoms with Gasteiger partial charge in [0, 0.05) is 29.5 Å². The van der Waals surface area contributed by atoms with E-state index in [2.05, 4.69) is 31.9 Å². The number of anilines is 2. The van der Waals surface area contributed by atoms with Gasteiger partial charge in [0.1, 0.15) is 0 Å². The second kappa shape index (κ2) is 10.2. The van der Waals surface area contributed by atoms with E-state index in [4.69, 9.17) is 16.3 Å². The Morgan fingerprint density at radius 1 is 1.12 bits per heavy atom. The Morgan fingerprint density at radius 3 is 2.46 bits per heavy atom. The third kappa shape index (κ3) is 6.33. The third-order valence-electron chi connectivity index (χ3n) is 3.39. The highest BCUT2D eigenvalue weighted by atomic mass is 79.9. The van der Waals surface area contributed by atoms with Crippen LogP contribution in [-0.4, -0.2) is 38.6 Å². The van der Waals surface area contributed by atoms with Crippen molar-refractivity contribution < 1.29 is 14.3 Å². The Labute approximate surface area is 165 Å². The summed E-state index contributed by atoms with van der Waals surface area (Å²) >= 11 is 9.50. The van der Waals surface area contributed by atoms with E-state index in [1.165, 1.54) is 0 Å². The quantitative estimate of drug-likeness (QED) is 0.549. The van der Waals surface area contributed by atoms with Gasteiger partial charge in [-0.2, -0.15) is 0 Å². The molecule has 0 unspecified atom stereocenters. The number of benzene rings is 2. The van der Waals surface area contributed by atoms with E-state index in [9.17, 15) is 9.59 Å². The number of hydrogen-bond acceptors (Lipinski definition) is 4. The van der Waals surface area contributed by atoms with Gasteiger partial charge in [0.15, 0.2) is 0 Å². The first-order chi connectivity index (χ1) is 12.5. The summed E-state index contributed by atoms with van der Waals surface area (Å²) in [6.45, 7) is 0.907. The van der Waals surface area contributed by atoms with Gasteiger partial charge in [-0.25, -0.2) is 0 Å². The summed E-state index contributed by atoms with van der Waals surface area (Å²) in [5, 5.41) is 8.77. The Bertz CT molecular complexity index is 769. The van der Waals surface area contributed by atoms with Crippen LogP contribution in [0.25, 0.3) is 0 Å². The minimum Gasteiger partial charge on any atom is -0.383 e. The van der Waals surface area contributed by atoms with Gasteiger partial charge in [0.25, 0.3) is 5.91 Å². The van der Waals surface area contributed by atoms with Crippen molar-refractivity contribution in [3.63, 3.8) is 0 Å². The van der Waals surface area contributed by atoms with Crippen molar-refractivity contribution in [1.82, 2.24) is 5.32 Å². The zero-order valence-electron chi connectivity index (χ0n) is 14.1. The summed E-state index contributed by atoms with van der Waals surface area (Å²) in [6.07, 6.45) is 0. The molecule has 138 valence electrons. The molecule has 0 saturated heterocycles. The maximum Gasteiger partial charge on any atom is 0.252 e. The van der Waals surface area contributed by atoms with E-state index >= 15 is 0 Å². The van der Waals surface area contributed by atoms with Crippen LogP contribution < -0.4 is 16.0 Å². The van der Waals surface area contributed by atoms with E-state index in [-0.39, 0.29) is 18.4 Å². The fourth-order valence-electron chi connectivity index (χ4n) is 2.09. The van der Waals surface area contributed by atoms with Crippen molar-refractivity contribution in [2.45, 2.75) is 0 Å². The Kier molecular flexibility index (Phi) is 7.90. The van der Waals surface area contributed by atoms with Crippen LogP contribution in [0.3, 0.4) is 0 Å². The summed E-state index contributed by atoms with van der Waals surface area (Å²) in [6, 6.07) is 12.2. The maximum absolute atomic E-state index is 12.0. The predicted octanol–water partition coefficient (Wildman–Crippen LogP) is 3.53. The van der Waals surface area contributed by atoms with Crippen LogP contribution in [0.1, 0.15) is 10.4 Å². The highest BCUT2D eigenvalue weighted by Crippen LogP contribution is 2.21. The monoisotopic (exact) mass is 439 g/mol. The molecule has 2 amide bonds. The molecular formula is C18H19BrClN3O3. The lowest BCUT2D eigenvalue weighted by atomic mass is 10.2. The summed E-state index contributed by atoms with van der Waals surface area (Å²) < 4.78 is 5.82. The first-order valence-corrected chi connectivity index (χ1v) is 9.02. The normalized spacial score (nSPS) is 10.3. The van der Waals surface area contributed by atoms with E-state index < -0.39 is 0 Å². The minimum atomic E-state index is -0.272. The molecule has 2 rings (SSSR count). The van der Waals surface area contributed by atoms with Gasteiger partial charge in [0.2, 0.25) is 5.91 Å². The fourth-order valence-corrected chi connectivity index (χ4v) is 2.62. The molecule has 3 N–H and O–H groups in total. The smallest absolute Gasteiger partial charge is 0.252 e. The second-order valence-electron chi connectivity index (χ2n) is 5.35. The molecule has 26 heavy (non-hydrogen) atoms. The van der Waals surface area contributed by atoms with E-state index in [0.717, 1.165) is 4.47 Å². The van der Waals surface area contributed by atoms with Crippen LogP contribution in [0.4, 0.5) is 11.4 Å². The second-order valence-corrected chi connectivity index (χ2v) is 6.67. The van der Waals surface area contributed by atoms with Crippen LogP contribution in [0.15, 0.2) is 46.9 Å². The number of carbonyl (C=O) groups excluding carboxylic acids is 2. The fraction of sp³-hybridized carbons (Fsp3) is 0.222. The molecule has 0 bridgehead atoms. The van der Waals surface area contributed by atoms with Gasteiger partial charge in [-0.05, 0) is 42.5 Å². The van der Waals surface area contributed by atoms with E-state index in [1.807, 2.05) is 12.1 Å². The summed E-state index contributed by atoms with van der Waals surface area (Å²) in [7, 11) is 1.56. The van der Waals surface area contributed by atoms with Crippen LogP contribution in [0.2, 0.25) is 5.02 Å². The molecule has 0 aliphatic rings. The molecular weight excluding hydrogens is 422 g/mol. The van der Waals surface area contributed by atoms with Gasteiger partial charge >= 0.3 is 0 Å². The zero-order valence-corrected chi connectivity index (χ0v) is 16.5. The van der Waals surface area contributed by atoms with Crippen molar-refractivity contribution in [3.05, 3.63) is 57.5 Å². The zero-order chi connectivity index (χ0) is 18.9. The number of ether oxygens (including phenoxy) is 1. The third-order valence-corrected chi connectivity index (χ3v) is 4.23. The van der Waals surface area contributed by atoms with Crippen molar-refractivity contribution in [3.8, 4) is 0 Å². The lowest BCUT2D eigenvalue weighted by Crippen LogP contribution is -2.27. The van der Waals surface area contributed by atoms with E-state index in [0.29, 0.717) is 35.1 Å². The number of halogens is 2. The van der Waals surface area contributed by atoms with Crippen LogP contribution in [0, 0.1) is 0 Å². The Morgan fingerprint density at radius 2 is 1.81 bits per heavy atom. The molecule has 0 aliphatic carbocycles. The van der Waals surface area contributed by atoms with Gasteiger partial charge in [0.05, 0.1) is 23.7 Å². The van der Waals surface area contributed by atoms with Gasteiger partial charge in [-0.1, -0.05) is 27.5 Å². The first-order valence-electron chi connectivity index (χ1n) is 7.85. The van der Waals surface area contributed by atoms with Gasteiger partial charge in [-0.15, -0.1) is 0 Å². The molecule has 0 heterocycles. The van der Waals surface area contributed by atoms with E-state index in [1.54, 1.807) is 37.4 Å². The van der Waals surface area contributed by atoms with Crippen LogP contribution in [-0.2, 0) is 9.53 Å². The molecule has 0 saturated carbocycles. The number of carbonyl (C=O) groups is 2. The van der Waals surface area contributed by atoms with Crippen LogP contribution in [0.5, 0.6) is 0 Å². The summed E-state index contributed by atoms with van der Waals surface area (Å²) in [5.41, 5.74) is 1.73. The first kappa shape index (κ1) is 20.2. The molecule has 0 spiro atoms. The average Bonchev–Trinajstić information content (AvgIpc) is 2.62. The van der Waals surface area contributed by atoms with Crippen molar-refractivity contribution in [1.29, 1.82) is 0 Å². The topological polar surface area (TPSA) is 79.5 Å². The molecule has 0 fully saturated rings. The minimum absolute atomic E-state index is 0.0752. The summed E-state index contributed by atoms with van der Waals surface area (Å²) in [4.78, 5) is 24.0. The van der Waals surface area contributed by atoms with Gasteiger partial charge in [-0.3, -0.25) is 9.59 Å². The van der Waals surface area contributed by atoms with Crippen molar-refractivity contribution in [2.75, 3.05) is 37.4 Å². The SMILES string of the molecule is COCCNC(=O)c1ccc(NCC(=O)Nc2ccc(Br)cc2)cc1Cl. The average molecular weight is 441 g/mol. The highest BCUT2D eigenvalue weighted by Gasteiger charge is 2.11.